The third-order valence-corrected chi connectivity index (χ3v) is 1.70. The van der Waals surface area contributed by atoms with E-state index in [4.69, 9.17) is 5.73 Å². The summed E-state index contributed by atoms with van der Waals surface area (Å²) in [6, 6.07) is 0. The first-order chi connectivity index (χ1) is 3.79. The Bertz CT molecular complexity index is 64.9. The molecule has 2 heteroatoms. The fraction of sp³-hybridized carbons (Fsp3) is 1.00. The van der Waals surface area contributed by atoms with E-state index in [0.717, 1.165) is 18.9 Å². The van der Waals surface area contributed by atoms with Crippen molar-refractivity contribution >= 4 is 0 Å². The van der Waals surface area contributed by atoms with Gasteiger partial charge in [-0.25, -0.2) is 0 Å². The molecule has 8 heavy (non-hydrogen) atoms. The van der Waals surface area contributed by atoms with E-state index in [9.17, 15) is 0 Å². The minimum Gasteiger partial charge on any atom is -0.316 e. The molecule has 2 atom stereocenters. The third-order valence-electron chi connectivity index (χ3n) is 1.70. The third kappa shape index (κ3) is 1.46. The van der Waals surface area contributed by atoms with Gasteiger partial charge in [0.15, 0.2) is 0 Å². The molecule has 1 fully saturated rings. The lowest BCUT2D eigenvalue weighted by Crippen LogP contribution is -2.43. The molecule has 1 heterocycles. The van der Waals surface area contributed by atoms with Crippen LogP contribution < -0.4 is 11.1 Å². The molecule has 0 aromatic heterocycles. The van der Waals surface area contributed by atoms with Gasteiger partial charge in [-0.2, -0.15) is 0 Å². The van der Waals surface area contributed by atoms with Crippen LogP contribution in [-0.4, -0.2) is 12.7 Å². The Balaban J connectivity index is 2.23. The number of hydrogen-bond acceptors (Lipinski definition) is 2. The standard InChI is InChI=1S/C6H14N2/c1-5-2-3-8-6(7)4-5/h5-6,8H,2-4,7H2,1H3/t5-,6?/m0/s1. The van der Waals surface area contributed by atoms with Crippen molar-refractivity contribution in [1.29, 1.82) is 0 Å². The van der Waals surface area contributed by atoms with Crippen molar-refractivity contribution in [2.75, 3.05) is 6.54 Å². The summed E-state index contributed by atoms with van der Waals surface area (Å²) >= 11 is 0. The summed E-state index contributed by atoms with van der Waals surface area (Å²) in [6.07, 6.45) is 2.69. The summed E-state index contributed by atoms with van der Waals surface area (Å²) < 4.78 is 0. The van der Waals surface area contributed by atoms with Crippen molar-refractivity contribution in [3.05, 3.63) is 0 Å². The van der Waals surface area contributed by atoms with E-state index in [2.05, 4.69) is 12.2 Å². The quantitative estimate of drug-likeness (QED) is 0.475. The second kappa shape index (κ2) is 2.46. The fourth-order valence-corrected chi connectivity index (χ4v) is 1.15. The summed E-state index contributed by atoms with van der Waals surface area (Å²) in [4.78, 5) is 0. The summed E-state index contributed by atoms with van der Waals surface area (Å²) in [5.74, 6) is 0.825. The van der Waals surface area contributed by atoms with Gasteiger partial charge < -0.3 is 11.1 Å². The van der Waals surface area contributed by atoms with E-state index in [1.54, 1.807) is 0 Å². The van der Waals surface area contributed by atoms with Gasteiger partial charge in [-0.3, -0.25) is 0 Å². The molecule has 1 aliphatic rings. The zero-order valence-electron chi connectivity index (χ0n) is 5.35. The second-order valence-electron chi connectivity index (χ2n) is 2.69. The number of rotatable bonds is 0. The Labute approximate surface area is 50.4 Å². The van der Waals surface area contributed by atoms with Gasteiger partial charge in [-0.1, -0.05) is 6.92 Å². The highest BCUT2D eigenvalue weighted by molar-refractivity contribution is 4.70. The van der Waals surface area contributed by atoms with Crippen molar-refractivity contribution in [2.45, 2.75) is 25.9 Å². The first-order valence-electron chi connectivity index (χ1n) is 3.28. The molecule has 1 rings (SSSR count). The van der Waals surface area contributed by atoms with Gasteiger partial charge in [0, 0.05) is 0 Å². The smallest absolute Gasteiger partial charge is 0.0548 e. The average Bonchev–Trinajstić information content (AvgIpc) is 1.64. The number of piperidine rings is 1. The predicted octanol–water partition coefficient (Wildman–Crippen LogP) is 0.291. The highest BCUT2D eigenvalue weighted by Gasteiger charge is 2.12. The van der Waals surface area contributed by atoms with E-state index in [0.29, 0.717) is 0 Å². The van der Waals surface area contributed by atoms with Gasteiger partial charge in [0.25, 0.3) is 0 Å². The Morgan fingerprint density at radius 2 is 2.38 bits per heavy atom. The van der Waals surface area contributed by atoms with Gasteiger partial charge in [0.1, 0.15) is 0 Å². The SMILES string of the molecule is C[C@H]1CCNC(N)C1. The number of hydrogen-bond donors (Lipinski definition) is 2. The van der Waals surface area contributed by atoms with Crippen molar-refractivity contribution in [2.24, 2.45) is 11.7 Å². The molecular formula is C6H14N2. The lowest BCUT2D eigenvalue weighted by molar-refractivity contribution is 0.326. The molecule has 0 radical (unpaired) electrons. The molecule has 3 N–H and O–H groups in total. The maximum atomic E-state index is 5.61. The summed E-state index contributed by atoms with van der Waals surface area (Å²) in [5, 5.41) is 3.19. The molecule has 0 aromatic carbocycles. The van der Waals surface area contributed by atoms with Crippen LogP contribution in [0.25, 0.3) is 0 Å². The molecule has 1 unspecified atom stereocenters. The van der Waals surface area contributed by atoms with E-state index in [-0.39, 0.29) is 6.17 Å². The lowest BCUT2D eigenvalue weighted by Gasteiger charge is -2.24. The molecule has 0 amide bonds. The number of nitrogens with two attached hydrogens (primary N) is 1. The van der Waals surface area contributed by atoms with Crippen LogP contribution in [0, 0.1) is 5.92 Å². The Hall–Kier alpha value is -0.0800. The van der Waals surface area contributed by atoms with Crippen LogP contribution in [0.3, 0.4) is 0 Å². The molecule has 0 aliphatic carbocycles. The highest BCUT2D eigenvalue weighted by atomic mass is 15.0. The zero-order valence-corrected chi connectivity index (χ0v) is 5.35. The van der Waals surface area contributed by atoms with Crippen LogP contribution >= 0.6 is 0 Å². The van der Waals surface area contributed by atoms with E-state index in [1.807, 2.05) is 0 Å². The molecule has 0 aromatic rings. The summed E-state index contributed by atoms with van der Waals surface area (Å²) in [6.45, 7) is 3.35. The van der Waals surface area contributed by atoms with Crippen LogP contribution in [-0.2, 0) is 0 Å². The minimum absolute atomic E-state index is 0.263. The van der Waals surface area contributed by atoms with Crippen molar-refractivity contribution < 1.29 is 0 Å². The molecule has 0 spiro atoms. The normalized spacial score (nSPS) is 39.8. The van der Waals surface area contributed by atoms with Gasteiger partial charge in [-0.15, -0.1) is 0 Å². The molecular weight excluding hydrogens is 100 g/mol. The Kier molecular flexibility index (Phi) is 1.86. The molecule has 2 nitrogen and oxygen atoms in total. The fourth-order valence-electron chi connectivity index (χ4n) is 1.15. The lowest BCUT2D eigenvalue weighted by atomic mass is 9.99. The van der Waals surface area contributed by atoms with E-state index >= 15 is 0 Å². The van der Waals surface area contributed by atoms with Gasteiger partial charge >= 0.3 is 0 Å². The Morgan fingerprint density at radius 1 is 1.62 bits per heavy atom. The molecule has 0 bridgehead atoms. The zero-order chi connectivity index (χ0) is 5.98. The maximum absolute atomic E-state index is 5.61. The van der Waals surface area contributed by atoms with Crippen molar-refractivity contribution in [3.63, 3.8) is 0 Å². The molecule has 48 valence electrons. The monoisotopic (exact) mass is 114 g/mol. The van der Waals surface area contributed by atoms with Crippen molar-refractivity contribution in [1.82, 2.24) is 5.32 Å². The molecule has 1 saturated heterocycles. The summed E-state index contributed by atoms with van der Waals surface area (Å²) in [5.41, 5.74) is 5.61. The second-order valence-corrected chi connectivity index (χ2v) is 2.69. The summed E-state index contributed by atoms with van der Waals surface area (Å²) in [7, 11) is 0. The van der Waals surface area contributed by atoms with Gasteiger partial charge in [-0.05, 0) is 25.3 Å². The van der Waals surface area contributed by atoms with Crippen LogP contribution in [0.15, 0.2) is 0 Å². The van der Waals surface area contributed by atoms with Crippen LogP contribution in [0.1, 0.15) is 19.8 Å². The minimum atomic E-state index is 0.263. The molecule has 0 saturated carbocycles. The maximum Gasteiger partial charge on any atom is 0.0548 e. The number of nitrogens with one attached hydrogen (secondary N) is 1. The van der Waals surface area contributed by atoms with Crippen LogP contribution in [0.4, 0.5) is 0 Å². The van der Waals surface area contributed by atoms with E-state index in [1.165, 1.54) is 6.42 Å². The largest absolute Gasteiger partial charge is 0.316 e. The predicted molar refractivity (Wildman–Crippen MR) is 34.4 cm³/mol. The van der Waals surface area contributed by atoms with Gasteiger partial charge in [0.05, 0.1) is 6.17 Å². The van der Waals surface area contributed by atoms with Gasteiger partial charge in [0.2, 0.25) is 0 Å². The first-order valence-corrected chi connectivity index (χ1v) is 3.28. The topological polar surface area (TPSA) is 38.0 Å². The molecule has 1 aliphatic heterocycles. The van der Waals surface area contributed by atoms with Crippen molar-refractivity contribution in [3.8, 4) is 0 Å². The first kappa shape index (κ1) is 6.05. The Morgan fingerprint density at radius 3 is 2.75 bits per heavy atom. The van der Waals surface area contributed by atoms with Crippen LogP contribution in [0.5, 0.6) is 0 Å². The van der Waals surface area contributed by atoms with E-state index < -0.39 is 0 Å². The van der Waals surface area contributed by atoms with Crippen LogP contribution in [0.2, 0.25) is 0 Å². The average molecular weight is 114 g/mol. The highest BCUT2D eigenvalue weighted by Crippen LogP contribution is 2.11.